The number of carboxylic acid groups (broad SMARTS) is 1. The minimum absolute atomic E-state index is 0.0131. The number of aryl methyl sites for hydroxylation is 1. The van der Waals surface area contributed by atoms with Crippen LogP contribution in [-0.4, -0.2) is 35.5 Å². The zero-order valence-electron chi connectivity index (χ0n) is 22.0. The van der Waals surface area contributed by atoms with Gasteiger partial charge >= 0.3 is 12.3 Å². The summed E-state index contributed by atoms with van der Waals surface area (Å²) in [7, 11) is 0. The average molecular weight is 577 g/mol. The van der Waals surface area contributed by atoms with Crippen LogP contribution in [0.4, 0.5) is 24.5 Å². The van der Waals surface area contributed by atoms with Gasteiger partial charge < -0.3 is 20.5 Å². The van der Waals surface area contributed by atoms with Crippen molar-refractivity contribution >= 4 is 35.4 Å². The van der Waals surface area contributed by atoms with E-state index in [1.165, 1.54) is 12.1 Å². The molecule has 0 bridgehead atoms. The summed E-state index contributed by atoms with van der Waals surface area (Å²) in [6, 6.07) is 20.3. The number of rotatable bonds is 9. The summed E-state index contributed by atoms with van der Waals surface area (Å²) >= 11 is 0. The quantitative estimate of drug-likeness (QED) is 0.196. The molecule has 0 aromatic heterocycles. The van der Waals surface area contributed by atoms with Gasteiger partial charge in [0.25, 0.3) is 11.8 Å². The van der Waals surface area contributed by atoms with E-state index in [9.17, 15) is 37.5 Å². The van der Waals surface area contributed by atoms with Crippen LogP contribution in [0.1, 0.15) is 58.1 Å². The second-order valence-electron chi connectivity index (χ2n) is 9.25. The maximum Gasteiger partial charge on any atom is 0.573 e. The van der Waals surface area contributed by atoms with Crippen LogP contribution in [-0.2, 0) is 6.42 Å². The number of hydrogen-bond acceptors (Lipinski definition) is 5. The van der Waals surface area contributed by atoms with Crippen molar-refractivity contribution in [2.24, 2.45) is 0 Å². The number of carboxylic acids is 1. The molecule has 8 nitrogen and oxygen atoms in total. The van der Waals surface area contributed by atoms with Gasteiger partial charge in [0, 0.05) is 16.7 Å². The maximum atomic E-state index is 12.6. The Morgan fingerprint density at radius 3 is 1.86 bits per heavy atom. The molecule has 4 aromatic carbocycles. The number of hydrogen-bond donors (Lipinski definition) is 3. The number of carbonyl (C=O) groups excluding carboxylic acids is 3. The molecule has 0 spiro atoms. The highest BCUT2D eigenvalue weighted by atomic mass is 19.4. The predicted octanol–water partition coefficient (Wildman–Crippen LogP) is 6.50. The van der Waals surface area contributed by atoms with E-state index < -0.39 is 24.0 Å². The molecule has 0 fully saturated rings. The normalized spacial score (nSPS) is 11.0. The molecule has 0 atom stereocenters. The van der Waals surface area contributed by atoms with Gasteiger partial charge in [0.15, 0.2) is 6.29 Å². The molecular formula is C31H23F3N2O6. The first-order valence-corrected chi connectivity index (χ1v) is 12.4. The lowest BCUT2D eigenvalue weighted by molar-refractivity contribution is -0.274. The van der Waals surface area contributed by atoms with Crippen LogP contribution < -0.4 is 15.4 Å². The Bertz CT molecular complexity index is 1650. The summed E-state index contributed by atoms with van der Waals surface area (Å²) in [5.41, 5.74) is 2.98. The average Bonchev–Trinajstić information content (AvgIpc) is 2.94. The molecule has 0 aliphatic rings. The van der Waals surface area contributed by atoms with Gasteiger partial charge in [-0.2, -0.15) is 0 Å². The lowest BCUT2D eigenvalue weighted by atomic mass is 9.99. The summed E-state index contributed by atoms with van der Waals surface area (Å²) in [5.74, 6) is -2.93. The lowest BCUT2D eigenvalue weighted by Gasteiger charge is -2.13. The Labute approximate surface area is 237 Å². The van der Waals surface area contributed by atoms with Crippen molar-refractivity contribution in [3.8, 4) is 5.75 Å². The van der Waals surface area contributed by atoms with E-state index in [0.29, 0.717) is 28.7 Å². The fraction of sp³-hybridized carbons (Fsp3) is 0.0968. The monoisotopic (exact) mass is 576 g/mol. The molecule has 11 heteroatoms. The molecule has 0 unspecified atom stereocenters. The smallest absolute Gasteiger partial charge is 0.478 e. The number of alkyl halides is 3. The van der Waals surface area contributed by atoms with Gasteiger partial charge in [-0.15, -0.1) is 13.2 Å². The third-order valence-corrected chi connectivity index (χ3v) is 6.13. The first kappa shape index (κ1) is 29.5. The summed E-state index contributed by atoms with van der Waals surface area (Å²) in [6.45, 7) is 1.90. The highest BCUT2D eigenvalue weighted by molar-refractivity contribution is 6.08. The second kappa shape index (κ2) is 12.4. The number of halogens is 3. The molecular weight excluding hydrogens is 553 g/mol. The topological polar surface area (TPSA) is 122 Å². The molecule has 0 saturated heterocycles. The molecule has 0 aliphatic heterocycles. The summed E-state index contributed by atoms with van der Waals surface area (Å²) < 4.78 is 40.9. The van der Waals surface area contributed by atoms with Gasteiger partial charge in [0.05, 0.1) is 16.9 Å². The van der Waals surface area contributed by atoms with Gasteiger partial charge in [0.1, 0.15) is 5.75 Å². The number of amides is 2. The minimum Gasteiger partial charge on any atom is -0.478 e. The minimum atomic E-state index is -4.88. The van der Waals surface area contributed by atoms with E-state index in [1.807, 2.05) is 6.92 Å². The highest BCUT2D eigenvalue weighted by Crippen LogP contribution is 2.25. The van der Waals surface area contributed by atoms with E-state index in [-0.39, 0.29) is 34.7 Å². The zero-order chi connectivity index (χ0) is 30.4. The number of ether oxygens (including phenoxy) is 1. The number of benzene rings is 4. The second-order valence-corrected chi connectivity index (χ2v) is 9.25. The van der Waals surface area contributed by atoms with Crippen LogP contribution in [0.15, 0.2) is 84.9 Å². The first-order valence-electron chi connectivity index (χ1n) is 12.4. The van der Waals surface area contributed by atoms with Crippen LogP contribution >= 0.6 is 0 Å². The van der Waals surface area contributed by atoms with Crippen molar-refractivity contribution in [3.63, 3.8) is 0 Å². The first-order chi connectivity index (χ1) is 19.9. The van der Waals surface area contributed by atoms with Gasteiger partial charge in [-0.3, -0.25) is 14.4 Å². The zero-order valence-corrected chi connectivity index (χ0v) is 22.0. The standard InChI is InChI=1S/C31H23F3N2O6/c1-18-2-6-21(7-3-18)28(38)35-26-12-4-19(15-23(26)17-37)14-20-5-13-27(25(16-20)30(40)41)36-29(39)22-8-10-24(11-9-22)42-31(32,33)34/h2-13,15-17H,14H2,1H3,(H,35,38)(H,36,39)(H,40,41). The van der Waals surface area contributed by atoms with Crippen molar-refractivity contribution < 1.29 is 42.2 Å². The fourth-order valence-electron chi connectivity index (χ4n) is 4.06. The molecule has 4 rings (SSSR count). The molecule has 214 valence electrons. The number of carbonyl (C=O) groups is 4. The third-order valence-electron chi connectivity index (χ3n) is 6.13. The van der Waals surface area contributed by atoms with E-state index in [1.54, 1.807) is 48.5 Å². The van der Waals surface area contributed by atoms with E-state index >= 15 is 0 Å². The summed E-state index contributed by atoms with van der Waals surface area (Å²) in [4.78, 5) is 48.9. The Kier molecular flexibility index (Phi) is 8.70. The van der Waals surface area contributed by atoms with E-state index in [4.69, 9.17) is 0 Å². The SMILES string of the molecule is Cc1ccc(C(=O)Nc2ccc(Cc3ccc(NC(=O)c4ccc(OC(F)(F)F)cc4)c(C(=O)O)c3)cc2C=O)cc1. The number of aldehydes is 1. The maximum absolute atomic E-state index is 12.6. The van der Waals surface area contributed by atoms with Crippen LogP contribution in [0.5, 0.6) is 5.75 Å². The van der Waals surface area contributed by atoms with Crippen LogP contribution in [0.3, 0.4) is 0 Å². The van der Waals surface area contributed by atoms with Crippen molar-refractivity contribution in [3.05, 3.63) is 124 Å². The molecule has 0 saturated carbocycles. The van der Waals surface area contributed by atoms with Crippen molar-refractivity contribution in [2.75, 3.05) is 10.6 Å². The molecule has 0 aliphatic carbocycles. The number of anilines is 2. The summed E-state index contributed by atoms with van der Waals surface area (Å²) in [5, 5.41) is 14.9. The molecule has 0 radical (unpaired) electrons. The van der Waals surface area contributed by atoms with Crippen LogP contribution in [0.2, 0.25) is 0 Å². The predicted molar refractivity (Wildman–Crippen MR) is 148 cm³/mol. The molecule has 4 aromatic rings. The van der Waals surface area contributed by atoms with Gasteiger partial charge in [-0.25, -0.2) is 4.79 Å². The Hall–Kier alpha value is -5.45. The third kappa shape index (κ3) is 7.60. The fourth-order valence-corrected chi connectivity index (χ4v) is 4.06. The van der Waals surface area contributed by atoms with Crippen LogP contribution in [0, 0.1) is 6.92 Å². The van der Waals surface area contributed by atoms with E-state index in [0.717, 1.165) is 29.8 Å². The molecule has 42 heavy (non-hydrogen) atoms. The molecule has 3 N–H and O–H groups in total. The number of nitrogens with one attached hydrogen (secondary N) is 2. The highest BCUT2D eigenvalue weighted by Gasteiger charge is 2.31. The molecule has 2 amide bonds. The van der Waals surface area contributed by atoms with Gasteiger partial charge in [-0.1, -0.05) is 29.8 Å². The Balaban J connectivity index is 1.48. The number of aromatic carboxylic acids is 1. The van der Waals surface area contributed by atoms with Crippen LogP contribution in [0.25, 0.3) is 0 Å². The summed E-state index contributed by atoms with van der Waals surface area (Å²) in [6.07, 6.45) is -4.03. The lowest BCUT2D eigenvalue weighted by Crippen LogP contribution is -2.17. The largest absolute Gasteiger partial charge is 0.573 e. The van der Waals surface area contributed by atoms with Crippen molar-refractivity contribution in [1.29, 1.82) is 0 Å². The van der Waals surface area contributed by atoms with Gasteiger partial charge in [-0.05, 0) is 85.1 Å². The van der Waals surface area contributed by atoms with Crippen molar-refractivity contribution in [1.82, 2.24) is 0 Å². The van der Waals surface area contributed by atoms with Crippen molar-refractivity contribution in [2.45, 2.75) is 19.7 Å². The van der Waals surface area contributed by atoms with E-state index in [2.05, 4.69) is 15.4 Å². The Morgan fingerprint density at radius 2 is 1.31 bits per heavy atom. The van der Waals surface area contributed by atoms with Gasteiger partial charge in [0.2, 0.25) is 0 Å². The molecule has 0 heterocycles. The Morgan fingerprint density at radius 1 is 0.786 bits per heavy atom.